The van der Waals surface area contributed by atoms with Crippen molar-refractivity contribution in [2.75, 3.05) is 0 Å². The van der Waals surface area contributed by atoms with Gasteiger partial charge in [0.05, 0.1) is 10.6 Å². The van der Waals surface area contributed by atoms with Crippen LogP contribution in [0, 0.1) is 6.92 Å². The number of halogens is 1. The number of benzene rings is 2. The summed E-state index contributed by atoms with van der Waals surface area (Å²) in [7, 11) is 0. The van der Waals surface area contributed by atoms with Gasteiger partial charge < -0.3 is 10.6 Å². The van der Waals surface area contributed by atoms with Crippen LogP contribution >= 0.6 is 11.6 Å². The molecule has 0 aliphatic heterocycles. The van der Waals surface area contributed by atoms with Gasteiger partial charge in [-0.3, -0.25) is 0 Å². The van der Waals surface area contributed by atoms with E-state index in [0.29, 0.717) is 16.1 Å². The number of carbonyl (C=O) groups is 1. The molecule has 0 saturated heterocycles. The summed E-state index contributed by atoms with van der Waals surface area (Å²) in [5, 5.41) is 4.06. The van der Waals surface area contributed by atoms with Gasteiger partial charge in [0.15, 0.2) is 5.84 Å². The molecule has 20 heavy (non-hydrogen) atoms. The Labute approximate surface area is 121 Å². The fourth-order valence-corrected chi connectivity index (χ4v) is 1.78. The second kappa shape index (κ2) is 6.21. The van der Waals surface area contributed by atoms with Crippen LogP contribution < -0.4 is 5.73 Å². The number of hydrogen-bond acceptors (Lipinski definition) is 3. The van der Waals surface area contributed by atoms with Crippen molar-refractivity contribution in [3.8, 4) is 0 Å². The largest absolute Gasteiger partial charge is 0.380 e. The van der Waals surface area contributed by atoms with E-state index in [4.69, 9.17) is 22.2 Å². The molecule has 0 aromatic heterocycles. The smallest absolute Gasteiger partial charge is 0.365 e. The first-order valence-corrected chi connectivity index (χ1v) is 6.32. The molecule has 2 aromatic rings. The zero-order valence-corrected chi connectivity index (χ0v) is 11.6. The first-order valence-electron chi connectivity index (χ1n) is 5.94. The highest BCUT2D eigenvalue weighted by atomic mass is 35.5. The number of rotatable bonds is 3. The van der Waals surface area contributed by atoms with Crippen LogP contribution in [0.3, 0.4) is 0 Å². The second-order valence-corrected chi connectivity index (χ2v) is 4.61. The number of amidine groups is 1. The van der Waals surface area contributed by atoms with Crippen LogP contribution in [0.15, 0.2) is 53.7 Å². The van der Waals surface area contributed by atoms with E-state index in [0.717, 1.165) is 5.56 Å². The number of nitrogens with zero attached hydrogens (tertiary/aromatic N) is 1. The summed E-state index contributed by atoms with van der Waals surface area (Å²) in [6, 6.07) is 13.9. The van der Waals surface area contributed by atoms with Gasteiger partial charge in [-0.2, -0.15) is 0 Å². The van der Waals surface area contributed by atoms with E-state index >= 15 is 0 Å². The normalized spacial score (nSPS) is 11.2. The van der Waals surface area contributed by atoms with Crippen molar-refractivity contribution in [1.29, 1.82) is 0 Å². The minimum Gasteiger partial charge on any atom is -0.380 e. The fraction of sp³-hybridized carbons (Fsp3) is 0.0667. The Morgan fingerprint density at radius 1 is 1.15 bits per heavy atom. The van der Waals surface area contributed by atoms with E-state index in [2.05, 4.69) is 5.16 Å². The number of hydrogen-bond donors (Lipinski definition) is 1. The maximum atomic E-state index is 11.8. The summed E-state index contributed by atoms with van der Waals surface area (Å²) in [6.45, 7) is 1.93. The molecule has 4 nitrogen and oxygen atoms in total. The highest BCUT2D eigenvalue weighted by Gasteiger charge is 2.08. The van der Waals surface area contributed by atoms with Crippen molar-refractivity contribution < 1.29 is 9.63 Å². The SMILES string of the molecule is Cc1ccc(C(=O)ON=C(N)c2ccccc2Cl)cc1. The first kappa shape index (κ1) is 14.1. The van der Waals surface area contributed by atoms with Gasteiger partial charge in [-0.15, -0.1) is 0 Å². The molecule has 0 unspecified atom stereocenters. The van der Waals surface area contributed by atoms with Gasteiger partial charge in [0.1, 0.15) is 0 Å². The van der Waals surface area contributed by atoms with Crippen molar-refractivity contribution in [3.63, 3.8) is 0 Å². The third-order valence-corrected chi connectivity index (χ3v) is 2.99. The molecular formula is C15H13ClN2O2. The zero-order valence-electron chi connectivity index (χ0n) is 10.8. The lowest BCUT2D eigenvalue weighted by Crippen LogP contribution is -2.15. The number of oxime groups is 1. The van der Waals surface area contributed by atoms with E-state index < -0.39 is 5.97 Å². The molecule has 0 bridgehead atoms. The fourth-order valence-electron chi connectivity index (χ4n) is 1.55. The van der Waals surface area contributed by atoms with Crippen LogP contribution in [0.5, 0.6) is 0 Å². The Bertz CT molecular complexity index is 651. The maximum absolute atomic E-state index is 11.8. The van der Waals surface area contributed by atoms with Crippen LogP contribution in [0.25, 0.3) is 0 Å². The zero-order chi connectivity index (χ0) is 14.5. The van der Waals surface area contributed by atoms with E-state index in [-0.39, 0.29) is 5.84 Å². The van der Waals surface area contributed by atoms with E-state index in [1.807, 2.05) is 19.1 Å². The predicted octanol–water partition coefficient (Wildman–Crippen LogP) is 3.13. The standard InChI is InChI=1S/C15H13ClN2O2/c1-10-6-8-11(9-7-10)15(19)20-18-14(17)12-4-2-3-5-13(12)16/h2-9H,1H3,(H2,17,18). The minimum atomic E-state index is -0.569. The molecule has 0 radical (unpaired) electrons. The van der Waals surface area contributed by atoms with Crippen molar-refractivity contribution in [2.24, 2.45) is 10.9 Å². The van der Waals surface area contributed by atoms with Gasteiger partial charge in [-0.05, 0) is 31.2 Å². The number of carbonyl (C=O) groups excluding carboxylic acids is 1. The lowest BCUT2D eigenvalue weighted by molar-refractivity contribution is 0.0516. The molecule has 0 fully saturated rings. The molecule has 0 amide bonds. The Morgan fingerprint density at radius 3 is 2.45 bits per heavy atom. The van der Waals surface area contributed by atoms with E-state index in [1.54, 1.807) is 36.4 Å². The van der Waals surface area contributed by atoms with E-state index in [9.17, 15) is 4.79 Å². The highest BCUT2D eigenvalue weighted by Crippen LogP contribution is 2.14. The molecule has 2 N–H and O–H groups in total. The molecule has 0 aliphatic rings. The summed E-state index contributed by atoms with van der Waals surface area (Å²) in [5.41, 5.74) is 7.72. The van der Waals surface area contributed by atoms with Crippen LogP contribution in [0.1, 0.15) is 21.5 Å². The Balaban J connectivity index is 2.11. The van der Waals surface area contributed by atoms with Gasteiger partial charge in [-0.1, -0.05) is 46.6 Å². The Kier molecular flexibility index (Phi) is 4.38. The molecule has 0 heterocycles. The van der Waals surface area contributed by atoms with Crippen LogP contribution in [-0.2, 0) is 4.84 Å². The summed E-state index contributed by atoms with van der Waals surface area (Å²) >= 11 is 5.97. The van der Waals surface area contributed by atoms with Crippen molar-refractivity contribution >= 4 is 23.4 Å². The van der Waals surface area contributed by atoms with Crippen molar-refractivity contribution in [3.05, 3.63) is 70.2 Å². The monoisotopic (exact) mass is 288 g/mol. The summed E-state index contributed by atoms with van der Waals surface area (Å²) in [5.74, 6) is -0.518. The van der Waals surface area contributed by atoms with E-state index in [1.165, 1.54) is 0 Å². The van der Waals surface area contributed by atoms with Gasteiger partial charge >= 0.3 is 5.97 Å². The molecule has 0 atom stereocenters. The maximum Gasteiger partial charge on any atom is 0.365 e. The number of nitrogens with two attached hydrogens (primary N) is 1. The summed E-state index contributed by atoms with van der Waals surface area (Å²) < 4.78 is 0. The molecule has 5 heteroatoms. The summed E-state index contributed by atoms with van der Waals surface area (Å²) in [6.07, 6.45) is 0. The molecule has 2 rings (SSSR count). The highest BCUT2D eigenvalue weighted by molar-refractivity contribution is 6.34. The van der Waals surface area contributed by atoms with Crippen LogP contribution in [-0.4, -0.2) is 11.8 Å². The average molecular weight is 289 g/mol. The average Bonchev–Trinajstić information content (AvgIpc) is 2.45. The lowest BCUT2D eigenvalue weighted by Gasteiger charge is -2.03. The third kappa shape index (κ3) is 3.36. The van der Waals surface area contributed by atoms with Gasteiger partial charge in [-0.25, -0.2) is 4.79 Å². The van der Waals surface area contributed by atoms with Gasteiger partial charge in [0.25, 0.3) is 0 Å². The molecule has 0 spiro atoms. The number of aryl methyl sites for hydroxylation is 1. The Morgan fingerprint density at radius 2 is 1.80 bits per heavy atom. The van der Waals surface area contributed by atoms with Crippen molar-refractivity contribution in [1.82, 2.24) is 0 Å². The van der Waals surface area contributed by atoms with Gasteiger partial charge in [0, 0.05) is 5.56 Å². The molecule has 2 aromatic carbocycles. The molecule has 0 aliphatic carbocycles. The topological polar surface area (TPSA) is 64.7 Å². The third-order valence-electron chi connectivity index (χ3n) is 2.66. The molecule has 102 valence electrons. The molecular weight excluding hydrogens is 276 g/mol. The van der Waals surface area contributed by atoms with Crippen LogP contribution in [0.4, 0.5) is 0 Å². The first-order chi connectivity index (χ1) is 9.58. The van der Waals surface area contributed by atoms with Crippen LogP contribution in [0.2, 0.25) is 5.02 Å². The minimum absolute atomic E-state index is 0.0519. The lowest BCUT2D eigenvalue weighted by atomic mass is 10.2. The summed E-state index contributed by atoms with van der Waals surface area (Å²) in [4.78, 5) is 16.6. The molecule has 0 saturated carbocycles. The Hall–Kier alpha value is -2.33. The second-order valence-electron chi connectivity index (χ2n) is 4.20. The quantitative estimate of drug-likeness (QED) is 0.408. The van der Waals surface area contributed by atoms with Crippen molar-refractivity contribution in [2.45, 2.75) is 6.92 Å². The predicted molar refractivity (Wildman–Crippen MR) is 78.8 cm³/mol. The van der Waals surface area contributed by atoms with Gasteiger partial charge in [0.2, 0.25) is 0 Å².